The van der Waals surface area contributed by atoms with Gasteiger partial charge in [0.15, 0.2) is 6.10 Å². The summed E-state index contributed by atoms with van der Waals surface area (Å²) in [7, 11) is 5.36. The highest BCUT2D eigenvalue weighted by Gasteiger charge is 2.25. The summed E-state index contributed by atoms with van der Waals surface area (Å²) in [5.41, 5.74) is 0. The molecule has 2 atom stereocenters. The van der Waals surface area contributed by atoms with E-state index >= 15 is 0 Å². The standard InChI is InChI=1S/C52H81NO7/c1-6-8-10-12-14-16-18-20-22-24-25-27-29-31-33-35-37-39-41-43-51(55)60-48(46-58-45-44-49(52(56)57)53(3,4)5)47-59-50(54)42-40-38-36-34-32-30-28-26-23-21-19-17-15-13-11-9-7-2/h8-11,14-17,20-23,25,27-28,30-31,33,37,39,48-49H,6-7,12-13,18-19,24,26,29,32,34-36,38,40-47H2,1-5H3/b10-8-,11-9-,16-14-,17-15-,22-20-,23-21-,27-25-,30-28-,33-31-,39-37-. The summed E-state index contributed by atoms with van der Waals surface area (Å²) in [6.07, 6.45) is 58.1. The molecule has 0 N–H and O–H groups in total. The molecule has 0 aromatic heterocycles. The molecule has 8 heteroatoms. The second kappa shape index (κ2) is 41.5. The average Bonchev–Trinajstić information content (AvgIpc) is 3.21. The number of carbonyl (C=O) groups excluding carboxylic acids is 3. The molecule has 336 valence electrons. The number of nitrogens with zero attached hydrogens (tertiary/aromatic N) is 1. The summed E-state index contributed by atoms with van der Waals surface area (Å²) < 4.78 is 17.1. The van der Waals surface area contributed by atoms with E-state index in [1.807, 2.05) is 12.2 Å². The van der Waals surface area contributed by atoms with E-state index < -0.39 is 24.1 Å². The fourth-order valence-electron chi connectivity index (χ4n) is 5.67. The maximum absolute atomic E-state index is 12.7. The van der Waals surface area contributed by atoms with Crippen molar-refractivity contribution in [3.05, 3.63) is 122 Å². The van der Waals surface area contributed by atoms with Crippen molar-refractivity contribution in [1.29, 1.82) is 0 Å². The number of esters is 2. The highest BCUT2D eigenvalue weighted by atomic mass is 16.6. The van der Waals surface area contributed by atoms with E-state index in [4.69, 9.17) is 14.2 Å². The van der Waals surface area contributed by atoms with E-state index in [9.17, 15) is 19.5 Å². The van der Waals surface area contributed by atoms with Gasteiger partial charge in [-0.2, -0.15) is 0 Å². The van der Waals surface area contributed by atoms with Crippen LogP contribution in [0.5, 0.6) is 0 Å². The highest BCUT2D eigenvalue weighted by molar-refractivity contribution is 5.70. The molecule has 0 aliphatic carbocycles. The minimum absolute atomic E-state index is 0.00681. The van der Waals surface area contributed by atoms with Gasteiger partial charge >= 0.3 is 11.9 Å². The molecule has 0 rings (SSSR count). The first-order valence-corrected chi connectivity index (χ1v) is 22.6. The summed E-state index contributed by atoms with van der Waals surface area (Å²) in [6, 6.07) is -0.751. The Kier molecular flexibility index (Phi) is 38.5. The lowest BCUT2D eigenvalue weighted by Gasteiger charge is -2.34. The summed E-state index contributed by atoms with van der Waals surface area (Å²) in [5.74, 6) is -1.89. The second-order valence-electron chi connectivity index (χ2n) is 15.5. The number of likely N-dealkylation sites (N-methyl/N-ethyl adjacent to an activating group) is 1. The minimum atomic E-state index is -1.15. The van der Waals surface area contributed by atoms with Gasteiger partial charge < -0.3 is 28.6 Å². The summed E-state index contributed by atoms with van der Waals surface area (Å²) in [5, 5.41) is 11.6. The van der Waals surface area contributed by atoms with Crippen LogP contribution < -0.4 is 5.11 Å². The first-order valence-electron chi connectivity index (χ1n) is 22.6. The Morgan fingerprint density at radius 2 is 0.917 bits per heavy atom. The van der Waals surface area contributed by atoms with Gasteiger partial charge in [-0.3, -0.25) is 9.59 Å². The Morgan fingerprint density at radius 1 is 0.500 bits per heavy atom. The van der Waals surface area contributed by atoms with Gasteiger partial charge in [-0.1, -0.05) is 148 Å². The number of quaternary nitrogens is 1. The number of carbonyl (C=O) groups is 3. The number of hydrogen-bond acceptors (Lipinski definition) is 7. The van der Waals surface area contributed by atoms with Crippen LogP contribution in [0.1, 0.15) is 136 Å². The van der Waals surface area contributed by atoms with Gasteiger partial charge in [-0.05, 0) is 89.9 Å². The zero-order valence-electron chi connectivity index (χ0n) is 38.1. The first-order chi connectivity index (χ1) is 29.1. The molecule has 0 amide bonds. The number of carboxylic acid groups (broad SMARTS) is 1. The van der Waals surface area contributed by atoms with Crippen molar-refractivity contribution in [1.82, 2.24) is 0 Å². The van der Waals surface area contributed by atoms with E-state index in [-0.39, 0.29) is 43.1 Å². The molecule has 2 unspecified atom stereocenters. The fraction of sp³-hybridized carbons (Fsp3) is 0.558. The number of unbranched alkanes of at least 4 members (excludes halogenated alkanes) is 4. The molecule has 0 saturated carbocycles. The molecule has 60 heavy (non-hydrogen) atoms. The molecule has 0 heterocycles. The highest BCUT2D eigenvalue weighted by Crippen LogP contribution is 2.11. The summed E-state index contributed by atoms with van der Waals surface area (Å²) >= 11 is 0. The number of aliphatic carboxylic acids is 1. The Labute approximate surface area is 365 Å². The lowest BCUT2D eigenvalue weighted by Crippen LogP contribution is -2.55. The zero-order chi connectivity index (χ0) is 44.2. The second-order valence-corrected chi connectivity index (χ2v) is 15.5. The Hall–Kier alpha value is -4.27. The van der Waals surface area contributed by atoms with Crippen LogP contribution in [-0.2, 0) is 28.6 Å². The molecule has 0 spiro atoms. The molecule has 0 fully saturated rings. The maximum atomic E-state index is 12.7. The van der Waals surface area contributed by atoms with Crippen molar-refractivity contribution in [3.8, 4) is 0 Å². The molecule has 0 aromatic rings. The van der Waals surface area contributed by atoms with Crippen molar-refractivity contribution in [3.63, 3.8) is 0 Å². The molecular formula is C52H81NO7. The SMILES string of the molecule is CC/C=C\C/C=C\C/C=C\C/C=C\C/C=C\C/C=C\CCC(=O)OC(COCCC(C(=O)[O-])[N+](C)(C)C)COC(=O)CCCCCC/C=C\C/C=C\C/C=C\C/C=C\CC. The van der Waals surface area contributed by atoms with Gasteiger partial charge in [-0.15, -0.1) is 0 Å². The molecule has 8 nitrogen and oxygen atoms in total. The average molecular weight is 832 g/mol. The van der Waals surface area contributed by atoms with Gasteiger partial charge in [0, 0.05) is 19.3 Å². The summed E-state index contributed by atoms with van der Waals surface area (Å²) in [4.78, 5) is 36.9. The van der Waals surface area contributed by atoms with Crippen LogP contribution in [-0.4, -0.2) is 75.5 Å². The third-order valence-corrected chi connectivity index (χ3v) is 9.11. The quantitative estimate of drug-likeness (QED) is 0.0264. The van der Waals surface area contributed by atoms with Gasteiger partial charge in [0.1, 0.15) is 12.6 Å². The Bertz CT molecular complexity index is 1390. The zero-order valence-corrected chi connectivity index (χ0v) is 38.1. The number of allylic oxidation sites excluding steroid dienone is 20. The van der Waals surface area contributed by atoms with Crippen LogP contribution in [0.2, 0.25) is 0 Å². The molecule has 0 aliphatic heterocycles. The van der Waals surface area contributed by atoms with Crippen molar-refractivity contribution in [2.24, 2.45) is 0 Å². The topological polar surface area (TPSA) is 102 Å². The van der Waals surface area contributed by atoms with E-state index in [1.54, 1.807) is 21.1 Å². The monoisotopic (exact) mass is 832 g/mol. The molecule has 0 bridgehead atoms. The third-order valence-electron chi connectivity index (χ3n) is 9.11. The van der Waals surface area contributed by atoms with Gasteiger partial charge in [0.2, 0.25) is 0 Å². The predicted octanol–water partition coefficient (Wildman–Crippen LogP) is 11.3. The Morgan fingerprint density at radius 3 is 1.35 bits per heavy atom. The fourth-order valence-corrected chi connectivity index (χ4v) is 5.67. The van der Waals surface area contributed by atoms with Gasteiger partial charge in [-0.25, -0.2) is 0 Å². The van der Waals surface area contributed by atoms with Crippen LogP contribution in [0.4, 0.5) is 0 Å². The first kappa shape index (κ1) is 55.7. The van der Waals surface area contributed by atoms with Crippen LogP contribution >= 0.6 is 0 Å². The number of carboxylic acids is 1. The maximum Gasteiger partial charge on any atom is 0.306 e. The molecule has 0 radical (unpaired) electrons. The predicted molar refractivity (Wildman–Crippen MR) is 249 cm³/mol. The van der Waals surface area contributed by atoms with Crippen LogP contribution in [0.3, 0.4) is 0 Å². The van der Waals surface area contributed by atoms with Gasteiger partial charge in [0.05, 0.1) is 40.3 Å². The van der Waals surface area contributed by atoms with Crippen molar-refractivity contribution in [2.45, 2.75) is 148 Å². The largest absolute Gasteiger partial charge is 0.544 e. The van der Waals surface area contributed by atoms with E-state index in [0.717, 1.165) is 96.3 Å². The van der Waals surface area contributed by atoms with Crippen LogP contribution in [0.15, 0.2) is 122 Å². The lowest BCUT2D eigenvalue weighted by atomic mass is 10.1. The number of rotatable bonds is 38. The van der Waals surface area contributed by atoms with E-state index in [0.29, 0.717) is 12.8 Å². The van der Waals surface area contributed by atoms with E-state index in [1.165, 1.54) is 0 Å². The van der Waals surface area contributed by atoms with Crippen molar-refractivity contribution in [2.75, 3.05) is 41.0 Å². The van der Waals surface area contributed by atoms with Crippen LogP contribution in [0.25, 0.3) is 0 Å². The third kappa shape index (κ3) is 39.2. The van der Waals surface area contributed by atoms with Crippen molar-refractivity contribution < 1.29 is 38.2 Å². The number of hydrogen-bond donors (Lipinski definition) is 0. The molecule has 0 saturated heterocycles. The minimum Gasteiger partial charge on any atom is -0.544 e. The normalized spacial score (nSPS) is 14.1. The smallest absolute Gasteiger partial charge is 0.306 e. The number of ether oxygens (including phenoxy) is 3. The van der Waals surface area contributed by atoms with Crippen LogP contribution in [0, 0.1) is 0 Å². The molecule has 0 aromatic carbocycles. The summed E-state index contributed by atoms with van der Waals surface area (Å²) in [6.45, 7) is 4.30. The van der Waals surface area contributed by atoms with Crippen molar-refractivity contribution >= 4 is 17.9 Å². The Balaban J connectivity index is 4.53. The molecule has 0 aliphatic rings. The molecular weight excluding hydrogens is 751 g/mol. The van der Waals surface area contributed by atoms with Gasteiger partial charge in [0.25, 0.3) is 0 Å². The lowest BCUT2D eigenvalue weighted by molar-refractivity contribution is -0.889. The van der Waals surface area contributed by atoms with E-state index in [2.05, 4.69) is 123 Å².